The van der Waals surface area contributed by atoms with Gasteiger partial charge in [0.25, 0.3) is 0 Å². The maximum atomic E-state index is 12.5. The third-order valence-electron chi connectivity index (χ3n) is 6.02. The van der Waals surface area contributed by atoms with Gasteiger partial charge in [-0.3, -0.25) is 9.69 Å². The summed E-state index contributed by atoms with van der Waals surface area (Å²) >= 11 is 0. The maximum absolute atomic E-state index is 12.5. The van der Waals surface area contributed by atoms with Gasteiger partial charge >= 0.3 is 0 Å². The zero-order chi connectivity index (χ0) is 18.7. The maximum Gasteiger partial charge on any atom is 0.222 e. The number of nitrogen functional groups attached to an aromatic ring is 1. The predicted molar refractivity (Wildman–Crippen MR) is 107 cm³/mol. The van der Waals surface area contributed by atoms with Crippen LogP contribution in [0.25, 0.3) is 0 Å². The van der Waals surface area contributed by atoms with Crippen LogP contribution >= 0.6 is 0 Å². The van der Waals surface area contributed by atoms with Crippen LogP contribution in [0.15, 0.2) is 48.7 Å². The van der Waals surface area contributed by atoms with E-state index in [4.69, 9.17) is 5.73 Å². The highest BCUT2D eigenvalue weighted by atomic mass is 16.2. The molecule has 0 bridgehead atoms. The number of amides is 1. The van der Waals surface area contributed by atoms with Crippen LogP contribution in [0.5, 0.6) is 0 Å². The number of nitrogens with zero attached hydrogens (tertiary/aromatic N) is 3. The summed E-state index contributed by atoms with van der Waals surface area (Å²) in [4.78, 5) is 21.3. The average Bonchev–Trinajstić information content (AvgIpc) is 2.68. The molecule has 0 aliphatic carbocycles. The summed E-state index contributed by atoms with van der Waals surface area (Å²) < 4.78 is 0. The van der Waals surface area contributed by atoms with Gasteiger partial charge in [-0.2, -0.15) is 0 Å². The van der Waals surface area contributed by atoms with Crippen molar-refractivity contribution in [2.24, 2.45) is 5.41 Å². The highest BCUT2D eigenvalue weighted by Crippen LogP contribution is 2.39. The summed E-state index contributed by atoms with van der Waals surface area (Å²) in [6.45, 7) is 4.54. The normalized spacial score (nSPS) is 23.7. The molecule has 5 heteroatoms. The van der Waals surface area contributed by atoms with Crippen LogP contribution in [0.2, 0.25) is 0 Å². The van der Waals surface area contributed by atoms with Crippen LogP contribution in [-0.4, -0.2) is 40.3 Å². The van der Waals surface area contributed by atoms with Gasteiger partial charge < -0.3 is 10.6 Å². The Morgan fingerprint density at radius 2 is 1.89 bits per heavy atom. The smallest absolute Gasteiger partial charge is 0.222 e. The number of anilines is 1. The van der Waals surface area contributed by atoms with E-state index in [9.17, 15) is 4.79 Å². The lowest BCUT2D eigenvalue weighted by Crippen LogP contribution is -2.53. The van der Waals surface area contributed by atoms with Gasteiger partial charge in [-0.25, -0.2) is 4.98 Å². The molecule has 1 spiro atoms. The highest BCUT2D eigenvalue weighted by Gasteiger charge is 2.41. The third-order valence-corrected chi connectivity index (χ3v) is 6.02. The number of nitrogens with two attached hydrogens (primary N) is 1. The monoisotopic (exact) mass is 364 g/mol. The molecule has 2 aliphatic rings. The Labute approximate surface area is 161 Å². The number of likely N-dealkylation sites (tertiary alicyclic amines) is 2. The molecule has 5 nitrogen and oxygen atoms in total. The van der Waals surface area contributed by atoms with Crippen molar-refractivity contribution in [1.82, 2.24) is 14.8 Å². The minimum absolute atomic E-state index is 0.206. The number of carbonyl (C=O) groups is 1. The minimum Gasteiger partial charge on any atom is -0.383 e. The molecule has 0 radical (unpaired) electrons. The van der Waals surface area contributed by atoms with Crippen LogP contribution in [0.4, 0.5) is 5.82 Å². The van der Waals surface area contributed by atoms with Crippen molar-refractivity contribution in [2.75, 3.05) is 25.4 Å². The van der Waals surface area contributed by atoms with E-state index in [1.165, 1.54) is 18.4 Å². The largest absolute Gasteiger partial charge is 0.383 e. The summed E-state index contributed by atoms with van der Waals surface area (Å²) in [7, 11) is 0. The molecule has 0 unspecified atom stereocenters. The van der Waals surface area contributed by atoms with Crippen molar-refractivity contribution in [1.29, 1.82) is 0 Å². The first-order valence-corrected chi connectivity index (χ1v) is 9.87. The van der Waals surface area contributed by atoms with E-state index in [-0.39, 0.29) is 11.3 Å². The van der Waals surface area contributed by atoms with Crippen LogP contribution in [-0.2, 0) is 17.9 Å². The van der Waals surface area contributed by atoms with Gasteiger partial charge in [0.05, 0.1) is 0 Å². The molecular formula is C22H28N4O. The van der Waals surface area contributed by atoms with E-state index >= 15 is 0 Å². The summed E-state index contributed by atoms with van der Waals surface area (Å²) in [6.07, 6.45) is 5.77. The molecule has 0 saturated carbocycles. The standard InChI is InChI=1S/C22H28N4O/c23-21-19(8-4-12-24-21)15-25-13-5-10-22(16-25)11-9-20(27)26(17-22)14-18-6-2-1-3-7-18/h1-4,6-8,12H,5,9-11,13-17H2,(H2,23,24)/t22-/m1/s1. The van der Waals surface area contributed by atoms with Crippen molar-refractivity contribution in [3.8, 4) is 0 Å². The van der Waals surface area contributed by atoms with Gasteiger partial charge in [-0.1, -0.05) is 36.4 Å². The number of rotatable bonds is 4. The molecule has 4 rings (SSSR count). The van der Waals surface area contributed by atoms with Gasteiger partial charge in [-0.05, 0) is 37.4 Å². The molecular weight excluding hydrogens is 336 g/mol. The first kappa shape index (κ1) is 18.0. The molecule has 1 atom stereocenters. The number of benzene rings is 1. The molecule has 3 heterocycles. The highest BCUT2D eigenvalue weighted by molar-refractivity contribution is 5.77. The second-order valence-corrected chi connectivity index (χ2v) is 8.10. The molecule has 2 fully saturated rings. The zero-order valence-electron chi connectivity index (χ0n) is 15.8. The molecule has 2 aromatic rings. The zero-order valence-corrected chi connectivity index (χ0v) is 15.8. The Hall–Kier alpha value is -2.40. The van der Waals surface area contributed by atoms with Crippen molar-refractivity contribution >= 4 is 11.7 Å². The Morgan fingerprint density at radius 1 is 1.04 bits per heavy atom. The third kappa shape index (κ3) is 4.14. The van der Waals surface area contributed by atoms with Gasteiger partial charge in [0, 0.05) is 49.8 Å². The van der Waals surface area contributed by atoms with Crippen LogP contribution in [0.1, 0.15) is 36.8 Å². The lowest BCUT2D eigenvalue weighted by Gasteiger charge is -2.48. The van der Waals surface area contributed by atoms with Crippen LogP contribution in [0, 0.1) is 5.41 Å². The summed E-state index contributed by atoms with van der Waals surface area (Å²) in [6, 6.07) is 14.3. The molecule has 1 aromatic carbocycles. The topological polar surface area (TPSA) is 62.5 Å². The lowest BCUT2D eigenvalue weighted by molar-refractivity contribution is -0.140. The molecule has 1 aromatic heterocycles. The van der Waals surface area contributed by atoms with E-state index in [2.05, 4.69) is 33.0 Å². The second kappa shape index (κ2) is 7.69. The summed E-state index contributed by atoms with van der Waals surface area (Å²) in [5, 5.41) is 0. The fraction of sp³-hybridized carbons (Fsp3) is 0.455. The van der Waals surface area contributed by atoms with Gasteiger partial charge in [0.2, 0.25) is 5.91 Å². The van der Waals surface area contributed by atoms with E-state index < -0.39 is 0 Å². The number of aromatic nitrogens is 1. The van der Waals surface area contributed by atoms with Gasteiger partial charge in [0.15, 0.2) is 0 Å². The van der Waals surface area contributed by atoms with Crippen molar-refractivity contribution in [2.45, 2.75) is 38.8 Å². The van der Waals surface area contributed by atoms with E-state index in [1.54, 1.807) is 6.20 Å². The molecule has 1 amide bonds. The molecule has 2 aliphatic heterocycles. The van der Waals surface area contributed by atoms with Crippen molar-refractivity contribution in [3.63, 3.8) is 0 Å². The number of pyridine rings is 1. The first-order chi connectivity index (χ1) is 13.1. The Morgan fingerprint density at radius 3 is 2.70 bits per heavy atom. The summed E-state index contributed by atoms with van der Waals surface area (Å²) in [5.41, 5.74) is 8.56. The fourth-order valence-electron chi connectivity index (χ4n) is 4.65. The number of hydrogen-bond donors (Lipinski definition) is 1. The van der Waals surface area contributed by atoms with Gasteiger partial charge in [0.1, 0.15) is 5.82 Å². The molecule has 27 heavy (non-hydrogen) atoms. The Bertz CT molecular complexity index is 794. The van der Waals surface area contributed by atoms with Crippen molar-refractivity contribution < 1.29 is 4.79 Å². The fourth-order valence-corrected chi connectivity index (χ4v) is 4.65. The predicted octanol–water partition coefficient (Wildman–Crippen LogP) is 3.07. The van der Waals surface area contributed by atoms with Gasteiger partial charge in [-0.15, -0.1) is 0 Å². The van der Waals surface area contributed by atoms with E-state index in [0.717, 1.165) is 44.7 Å². The number of carbonyl (C=O) groups excluding carboxylic acids is 1. The average molecular weight is 364 g/mol. The van der Waals surface area contributed by atoms with Crippen molar-refractivity contribution in [3.05, 3.63) is 59.8 Å². The lowest BCUT2D eigenvalue weighted by atomic mass is 9.73. The molecule has 142 valence electrons. The number of piperidine rings is 2. The first-order valence-electron chi connectivity index (χ1n) is 9.87. The van der Waals surface area contributed by atoms with E-state index in [0.29, 0.717) is 12.2 Å². The number of hydrogen-bond acceptors (Lipinski definition) is 4. The quantitative estimate of drug-likeness (QED) is 0.906. The van der Waals surface area contributed by atoms with E-state index in [1.807, 2.05) is 24.3 Å². The second-order valence-electron chi connectivity index (χ2n) is 8.10. The van der Waals surface area contributed by atoms with Crippen LogP contribution in [0.3, 0.4) is 0 Å². The van der Waals surface area contributed by atoms with Crippen LogP contribution < -0.4 is 5.73 Å². The molecule has 2 N–H and O–H groups in total. The summed E-state index contributed by atoms with van der Waals surface area (Å²) in [5.74, 6) is 0.916. The Kier molecular flexibility index (Phi) is 5.12. The molecule has 2 saturated heterocycles. The SMILES string of the molecule is Nc1ncccc1CN1CCC[C@@]2(CCC(=O)N(Cc3ccccc3)C2)C1. The Balaban J connectivity index is 1.45. The minimum atomic E-state index is 0.206.